The first-order valence-electron chi connectivity index (χ1n) is 9.28. The van der Waals surface area contributed by atoms with Gasteiger partial charge in [0, 0.05) is 24.0 Å². The van der Waals surface area contributed by atoms with Crippen molar-refractivity contribution < 1.29 is 4.79 Å². The summed E-state index contributed by atoms with van der Waals surface area (Å²) < 4.78 is 0. The number of pyridine rings is 1. The van der Waals surface area contributed by atoms with E-state index in [1.807, 2.05) is 41.3 Å². The maximum atomic E-state index is 13.3. The summed E-state index contributed by atoms with van der Waals surface area (Å²) in [6.07, 6.45) is 4.51. The van der Waals surface area contributed by atoms with Crippen LogP contribution in [0.2, 0.25) is 10.0 Å². The van der Waals surface area contributed by atoms with Crippen LogP contribution >= 0.6 is 23.2 Å². The predicted octanol–water partition coefficient (Wildman–Crippen LogP) is 6.22. The molecule has 0 spiro atoms. The highest BCUT2D eigenvalue weighted by Crippen LogP contribution is 2.30. The third kappa shape index (κ3) is 3.80. The van der Waals surface area contributed by atoms with Gasteiger partial charge in [-0.2, -0.15) is 0 Å². The summed E-state index contributed by atoms with van der Waals surface area (Å²) in [5.41, 5.74) is 3.08. The van der Waals surface area contributed by atoms with E-state index in [4.69, 9.17) is 28.2 Å². The first kappa shape index (κ1) is 18.3. The lowest BCUT2D eigenvalue weighted by Gasteiger charge is -2.21. The van der Waals surface area contributed by atoms with Crippen LogP contribution in [0.25, 0.3) is 22.2 Å². The molecular formula is C22H20Cl2N2O. The molecule has 3 nitrogen and oxygen atoms in total. The van der Waals surface area contributed by atoms with Gasteiger partial charge in [0.25, 0.3) is 5.91 Å². The Kier molecular flexibility index (Phi) is 5.33. The van der Waals surface area contributed by atoms with Gasteiger partial charge < -0.3 is 4.90 Å². The minimum Gasteiger partial charge on any atom is -0.339 e. The monoisotopic (exact) mass is 398 g/mol. The quantitative estimate of drug-likeness (QED) is 0.512. The Balaban J connectivity index is 1.83. The lowest BCUT2D eigenvalue weighted by atomic mass is 10.0. The highest BCUT2D eigenvalue weighted by atomic mass is 35.5. The van der Waals surface area contributed by atoms with Crippen molar-refractivity contribution in [2.45, 2.75) is 25.7 Å². The number of carbonyl (C=O) groups is 1. The molecule has 2 heterocycles. The van der Waals surface area contributed by atoms with Crippen LogP contribution < -0.4 is 0 Å². The molecule has 1 fully saturated rings. The summed E-state index contributed by atoms with van der Waals surface area (Å²) in [7, 11) is 0. The second-order valence-electron chi connectivity index (χ2n) is 6.91. The molecule has 1 amide bonds. The Morgan fingerprint density at radius 2 is 1.63 bits per heavy atom. The summed E-state index contributed by atoms with van der Waals surface area (Å²) in [5.74, 6) is 0.0804. The van der Waals surface area contributed by atoms with Crippen LogP contribution in [-0.4, -0.2) is 28.9 Å². The fraction of sp³-hybridized carbons (Fsp3) is 0.273. The Hall–Kier alpha value is -2.10. The van der Waals surface area contributed by atoms with Crippen molar-refractivity contribution in [3.05, 3.63) is 64.1 Å². The van der Waals surface area contributed by atoms with E-state index in [2.05, 4.69) is 0 Å². The molecule has 1 aliphatic rings. The van der Waals surface area contributed by atoms with Crippen LogP contribution in [-0.2, 0) is 0 Å². The van der Waals surface area contributed by atoms with Gasteiger partial charge in [-0.3, -0.25) is 4.79 Å². The maximum Gasteiger partial charge on any atom is 0.254 e. The molecule has 0 N–H and O–H groups in total. The Bertz CT molecular complexity index is 995. The number of benzene rings is 2. The van der Waals surface area contributed by atoms with Crippen LogP contribution in [0.3, 0.4) is 0 Å². The molecule has 138 valence electrons. The molecule has 0 aliphatic carbocycles. The van der Waals surface area contributed by atoms with Crippen LogP contribution in [0.4, 0.5) is 0 Å². The zero-order chi connectivity index (χ0) is 18.8. The van der Waals surface area contributed by atoms with Crippen molar-refractivity contribution in [3.8, 4) is 11.3 Å². The molecule has 27 heavy (non-hydrogen) atoms. The molecule has 0 atom stereocenters. The Morgan fingerprint density at radius 3 is 2.37 bits per heavy atom. The van der Waals surface area contributed by atoms with Crippen molar-refractivity contribution in [2.24, 2.45) is 0 Å². The van der Waals surface area contributed by atoms with E-state index in [1.165, 1.54) is 12.8 Å². The lowest BCUT2D eigenvalue weighted by molar-refractivity contribution is 0.0763. The summed E-state index contributed by atoms with van der Waals surface area (Å²) in [5, 5.41) is 1.86. The molecule has 0 saturated carbocycles. The van der Waals surface area contributed by atoms with Crippen LogP contribution in [0, 0.1) is 0 Å². The van der Waals surface area contributed by atoms with Gasteiger partial charge in [-0.05, 0) is 37.1 Å². The number of amides is 1. The third-order valence-electron chi connectivity index (χ3n) is 5.06. The molecule has 1 aromatic heterocycles. The van der Waals surface area contributed by atoms with Gasteiger partial charge in [-0.25, -0.2) is 4.98 Å². The average molecular weight is 399 g/mol. The number of nitrogens with zero attached hydrogens (tertiary/aromatic N) is 2. The van der Waals surface area contributed by atoms with Crippen molar-refractivity contribution in [1.82, 2.24) is 9.88 Å². The fourth-order valence-electron chi connectivity index (χ4n) is 3.60. The normalized spacial score (nSPS) is 15.0. The molecule has 0 unspecified atom stereocenters. The summed E-state index contributed by atoms with van der Waals surface area (Å²) >= 11 is 12.2. The topological polar surface area (TPSA) is 33.2 Å². The van der Waals surface area contributed by atoms with Crippen LogP contribution in [0.15, 0.2) is 48.5 Å². The number of hydrogen-bond donors (Lipinski definition) is 0. The van der Waals surface area contributed by atoms with Crippen molar-refractivity contribution in [3.63, 3.8) is 0 Å². The van der Waals surface area contributed by atoms with Crippen molar-refractivity contribution in [2.75, 3.05) is 13.1 Å². The van der Waals surface area contributed by atoms with E-state index < -0.39 is 0 Å². The van der Waals surface area contributed by atoms with Gasteiger partial charge >= 0.3 is 0 Å². The van der Waals surface area contributed by atoms with E-state index in [1.54, 1.807) is 12.1 Å². The van der Waals surface area contributed by atoms with Crippen molar-refractivity contribution >= 4 is 40.0 Å². The molecule has 1 aliphatic heterocycles. The highest BCUT2D eigenvalue weighted by Gasteiger charge is 2.21. The van der Waals surface area contributed by atoms with Crippen molar-refractivity contribution in [1.29, 1.82) is 0 Å². The Morgan fingerprint density at radius 1 is 0.889 bits per heavy atom. The number of rotatable bonds is 2. The second-order valence-corrected chi connectivity index (χ2v) is 7.72. The number of aromatic nitrogens is 1. The predicted molar refractivity (Wildman–Crippen MR) is 112 cm³/mol. The molecule has 4 rings (SSSR count). The van der Waals surface area contributed by atoms with Gasteiger partial charge in [-0.15, -0.1) is 0 Å². The number of halogens is 2. The largest absolute Gasteiger partial charge is 0.339 e. The van der Waals surface area contributed by atoms with Gasteiger partial charge in [0.2, 0.25) is 0 Å². The van der Waals surface area contributed by atoms with Crippen LogP contribution in [0.1, 0.15) is 36.0 Å². The fourth-order valence-corrected chi connectivity index (χ4v) is 3.90. The van der Waals surface area contributed by atoms with Gasteiger partial charge in [0.1, 0.15) is 0 Å². The molecule has 3 aromatic rings. The van der Waals surface area contributed by atoms with E-state index in [0.29, 0.717) is 15.6 Å². The number of carbonyl (C=O) groups excluding carboxylic acids is 1. The summed E-state index contributed by atoms with van der Waals surface area (Å²) in [6, 6.07) is 15.1. The van der Waals surface area contributed by atoms with E-state index in [-0.39, 0.29) is 5.91 Å². The first-order valence-corrected chi connectivity index (χ1v) is 10.0. The van der Waals surface area contributed by atoms with E-state index >= 15 is 0 Å². The lowest BCUT2D eigenvalue weighted by Crippen LogP contribution is -2.32. The van der Waals surface area contributed by atoms with E-state index in [9.17, 15) is 4.79 Å². The molecular weight excluding hydrogens is 379 g/mol. The number of fused-ring (bicyclic) bond motifs is 1. The SMILES string of the molecule is O=C(c1cc(-c2ccc(Cl)c(Cl)c2)nc2ccccc12)N1CCCCCC1. The molecule has 5 heteroatoms. The number of likely N-dealkylation sites (tertiary alicyclic amines) is 1. The standard InChI is InChI=1S/C22H20Cl2N2O/c23-18-10-9-15(13-19(18)24)21-14-17(16-7-3-4-8-20(16)25-21)22(27)26-11-5-1-2-6-12-26/h3-4,7-10,13-14H,1-2,5-6,11-12H2. The van der Waals surface area contributed by atoms with Gasteiger partial charge in [-0.1, -0.05) is 60.3 Å². The molecule has 1 saturated heterocycles. The Labute approximate surface area is 168 Å². The molecule has 2 aromatic carbocycles. The van der Waals surface area contributed by atoms with Gasteiger partial charge in [0.15, 0.2) is 0 Å². The zero-order valence-corrected chi connectivity index (χ0v) is 16.4. The average Bonchev–Trinajstić information content (AvgIpc) is 2.98. The first-order chi connectivity index (χ1) is 13.1. The number of hydrogen-bond acceptors (Lipinski definition) is 2. The molecule has 0 bridgehead atoms. The van der Waals surface area contributed by atoms with Crippen LogP contribution in [0.5, 0.6) is 0 Å². The van der Waals surface area contributed by atoms with E-state index in [0.717, 1.165) is 48.1 Å². The molecule has 0 radical (unpaired) electrons. The number of para-hydroxylation sites is 1. The minimum absolute atomic E-state index is 0.0804. The van der Waals surface area contributed by atoms with Gasteiger partial charge in [0.05, 0.1) is 26.8 Å². The zero-order valence-electron chi connectivity index (χ0n) is 14.9. The highest BCUT2D eigenvalue weighted by molar-refractivity contribution is 6.42. The minimum atomic E-state index is 0.0804. The summed E-state index contributed by atoms with van der Waals surface area (Å²) in [6.45, 7) is 1.63. The third-order valence-corrected chi connectivity index (χ3v) is 5.79. The smallest absolute Gasteiger partial charge is 0.254 e. The maximum absolute atomic E-state index is 13.3. The second kappa shape index (κ2) is 7.87. The summed E-state index contributed by atoms with van der Waals surface area (Å²) in [4.78, 5) is 20.1.